The second-order valence-corrected chi connectivity index (χ2v) is 11.5. The van der Waals surface area contributed by atoms with Crippen molar-refractivity contribution >= 4 is 16.6 Å². The Morgan fingerprint density at radius 3 is 1.20 bits per heavy atom. The van der Waals surface area contributed by atoms with E-state index in [1.54, 1.807) is 26.2 Å². The Hall–Kier alpha value is 0.0938. The Bertz CT molecular complexity index is 125. The summed E-state index contributed by atoms with van der Waals surface area (Å²) in [6.45, 7) is 10.8. The molecule has 4 heteroatoms. The smallest absolute Gasteiger partial charge is 0.207 e. The highest BCUT2D eigenvalue weighted by Gasteiger charge is 2.34. The third-order valence-electron chi connectivity index (χ3n) is 1.48. The van der Waals surface area contributed by atoms with E-state index in [-0.39, 0.29) is 0 Å². The van der Waals surface area contributed by atoms with Crippen LogP contribution in [0, 0.1) is 0 Å². The summed E-state index contributed by atoms with van der Waals surface area (Å²) in [7, 11) is -4.56. The Kier molecular flexibility index (Phi) is 2.64. The van der Waals surface area contributed by atoms with E-state index in [9.17, 15) is 9.59 Å². The van der Waals surface area contributed by atoms with Gasteiger partial charge in [0, 0.05) is 0 Å². The van der Waals surface area contributed by atoms with Gasteiger partial charge in [-0.05, 0) is 31.0 Å². The molecule has 0 spiro atoms. The second-order valence-electron chi connectivity index (χ2n) is 3.60. The maximum atomic E-state index is 9.54. The van der Waals surface area contributed by atoms with E-state index in [2.05, 4.69) is 6.58 Å². The molecule has 0 aromatic carbocycles. The zero-order valence-corrected chi connectivity index (χ0v) is 9.10. The lowest BCUT2D eigenvalue weighted by molar-refractivity contribution is 0.545. The molecule has 0 bridgehead atoms. The first-order valence-electron chi connectivity index (χ1n) is 3.30. The van der Waals surface area contributed by atoms with Gasteiger partial charge in [0.25, 0.3) is 0 Å². The largest absolute Gasteiger partial charge is 0.428 e. The van der Waals surface area contributed by atoms with Gasteiger partial charge in [0.05, 0.1) is 0 Å². The van der Waals surface area contributed by atoms with Crippen molar-refractivity contribution in [3.8, 4) is 0 Å². The van der Waals surface area contributed by atoms with Crippen LogP contribution in [-0.4, -0.2) is 26.2 Å². The monoisotopic (exact) mass is 176 g/mol. The van der Waals surface area contributed by atoms with Gasteiger partial charge in [-0.25, -0.2) is 0 Å². The molecular formula is C6H16O2Si2. The highest BCUT2D eigenvalue weighted by molar-refractivity contribution is 6.99. The topological polar surface area (TPSA) is 40.5 Å². The van der Waals surface area contributed by atoms with Gasteiger partial charge < -0.3 is 9.59 Å². The van der Waals surface area contributed by atoms with Crippen LogP contribution in [0.15, 0.2) is 11.4 Å². The summed E-state index contributed by atoms with van der Waals surface area (Å²) in [5.41, 5.74) is 0. The van der Waals surface area contributed by atoms with Crippen molar-refractivity contribution in [1.82, 2.24) is 0 Å². The molecular weight excluding hydrogens is 160 g/mol. The molecule has 60 valence electrons. The zero-order valence-electron chi connectivity index (χ0n) is 7.10. The van der Waals surface area contributed by atoms with Crippen LogP contribution >= 0.6 is 0 Å². The van der Waals surface area contributed by atoms with E-state index in [0.29, 0.717) is 4.82 Å². The third-order valence-corrected chi connectivity index (χ3v) is 8.10. The van der Waals surface area contributed by atoms with Crippen molar-refractivity contribution in [2.24, 2.45) is 0 Å². The molecule has 0 fully saturated rings. The van der Waals surface area contributed by atoms with Gasteiger partial charge in [-0.3, -0.25) is 0 Å². The summed E-state index contributed by atoms with van der Waals surface area (Å²) in [5, 5.41) is 0. The lowest BCUT2D eigenvalue weighted by atomic mass is 11.2. The van der Waals surface area contributed by atoms with Crippen molar-refractivity contribution in [3.63, 3.8) is 0 Å². The van der Waals surface area contributed by atoms with E-state index < -0.39 is 16.6 Å². The summed E-state index contributed by atoms with van der Waals surface area (Å²) >= 11 is 0. The fourth-order valence-electron chi connectivity index (χ4n) is 0.749. The molecule has 0 aromatic rings. The molecule has 0 aliphatic heterocycles. The molecule has 0 unspecified atom stereocenters. The van der Waals surface area contributed by atoms with Crippen molar-refractivity contribution in [2.75, 3.05) is 0 Å². The molecule has 0 saturated carbocycles. The van der Waals surface area contributed by atoms with Gasteiger partial charge in [-0.1, -0.05) is 0 Å². The van der Waals surface area contributed by atoms with E-state index in [4.69, 9.17) is 0 Å². The number of rotatable bonds is 2. The summed E-state index contributed by atoms with van der Waals surface area (Å²) in [6, 6.07) is 0. The van der Waals surface area contributed by atoms with Crippen LogP contribution in [-0.2, 0) is 0 Å². The zero-order chi connectivity index (χ0) is 8.58. The van der Waals surface area contributed by atoms with Gasteiger partial charge in [0.15, 0.2) is 0 Å². The number of hydrogen-bond acceptors (Lipinski definition) is 2. The third kappa shape index (κ3) is 2.78. The predicted molar refractivity (Wildman–Crippen MR) is 48.5 cm³/mol. The fraction of sp³-hybridized carbons (Fsp3) is 0.667. The molecule has 0 rings (SSSR count). The van der Waals surface area contributed by atoms with Crippen molar-refractivity contribution in [2.45, 2.75) is 26.2 Å². The minimum absolute atomic E-state index is 0.708. The summed E-state index contributed by atoms with van der Waals surface area (Å²) < 4.78 is 0. The Balaban J connectivity index is 4.40. The highest BCUT2D eigenvalue weighted by Crippen LogP contribution is 2.18. The van der Waals surface area contributed by atoms with Gasteiger partial charge in [-0.15, -0.1) is 6.58 Å². The normalized spacial score (nSPS) is 13.4. The van der Waals surface area contributed by atoms with Gasteiger partial charge in [-0.2, -0.15) is 0 Å². The Morgan fingerprint density at radius 2 is 1.20 bits per heavy atom. The number of hydrogen-bond donors (Lipinski definition) is 2. The molecule has 0 aliphatic rings. The standard InChI is InChI=1S/C6H16O2Si2/c1-6(9(2,3)7)10(4,5)8/h7-8H,1H2,2-5H3. The molecule has 0 atom stereocenters. The van der Waals surface area contributed by atoms with Crippen molar-refractivity contribution in [3.05, 3.63) is 11.4 Å². The van der Waals surface area contributed by atoms with Gasteiger partial charge in [0.2, 0.25) is 16.6 Å². The molecule has 0 radical (unpaired) electrons. The van der Waals surface area contributed by atoms with Crippen LogP contribution in [0.4, 0.5) is 0 Å². The van der Waals surface area contributed by atoms with Crippen LogP contribution in [0.25, 0.3) is 0 Å². The fourth-order valence-corrected chi connectivity index (χ4v) is 6.74. The van der Waals surface area contributed by atoms with Crippen LogP contribution in [0.3, 0.4) is 0 Å². The average molecular weight is 176 g/mol. The molecule has 2 nitrogen and oxygen atoms in total. The first kappa shape index (κ1) is 10.1. The summed E-state index contributed by atoms with van der Waals surface area (Å²) in [6.07, 6.45) is 0. The molecule has 10 heavy (non-hydrogen) atoms. The van der Waals surface area contributed by atoms with Gasteiger partial charge >= 0.3 is 0 Å². The van der Waals surface area contributed by atoms with E-state index in [1.165, 1.54) is 0 Å². The lowest BCUT2D eigenvalue weighted by Crippen LogP contribution is -2.43. The molecule has 0 amide bonds. The minimum atomic E-state index is -2.28. The molecule has 0 aromatic heterocycles. The van der Waals surface area contributed by atoms with Crippen LogP contribution in [0.1, 0.15) is 0 Å². The molecule has 0 aliphatic carbocycles. The lowest BCUT2D eigenvalue weighted by Gasteiger charge is -2.25. The molecule has 2 N–H and O–H groups in total. The Labute approximate surface area is 64.5 Å². The van der Waals surface area contributed by atoms with Crippen LogP contribution < -0.4 is 0 Å². The van der Waals surface area contributed by atoms with Gasteiger partial charge in [0.1, 0.15) is 0 Å². The second kappa shape index (κ2) is 2.61. The first-order chi connectivity index (χ1) is 4.15. The van der Waals surface area contributed by atoms with E-state index >= 15 is 0 Å². The van der Waals surface area contributed by atoms with Crippen molar-refractivity contribution in [1.29, 1.82) is 0 Å². The average Bonchev–Trinajstić information content (AvgIpc) is 1.59. The SMILES string of the molecule is C=C([Si](C)(C)O)[Si](C)(C)O. The predicted octanol–water partition coefficient (Wildman–Crippen LogP) is 1.02. The van der Waals surface area contributed by atoms with Crippen LogP contribution in [0.5, 0.6) is 0 Å². The van der Waals surface area contributed by atoms with Crippen LogP contribution in [0.2, 0.25) is 26.2 Å². The van der Waals surface area contributed by atoms with E-state index in [1.807, 2.05) is 0 Å². The summed E-state index contributed by atoms with van der Waals surface area (Å²) in [5.74, 6) is 0. The quantitative estimate of drug-likeness (QED) is 0.617. The first-order valence-corrected chi connectivity index (χ1v) is 9.20. The minimum Gasteiger partial charge on any atom is -0.428 e. The maximum absolute atomic E-state index is 9.54. The van der Waals surface area contributed by atoms with Crippen molar-refractivity contribution < 1.29 is 9.59 Å². The molecule has 0 heterocycles. The highest BCUT2D eigenvalue weighted by atomic mass is 28.4. The maximum Gasteiger partial charge on any atom is 0.207 e. The molecule has 0 saturated heterocycles. The Morgan fingerprint density at radius 1 is 1.00 bits per heavy atom. The van der Waals surface area contributed by atoms with E-state index in [0.717, 1.165) is 0 Å². The summed E-state index contributed by atoms with van der Waals surface area (Å²) in [4.78, 5) is 19.8.